The molecule has 0 spiro atoms. The first-order valence-electron chi connectivity index (χ1n) is 5.00. The van der Waals surface area contributed by atoms with E-state index in [0.29, 0.717) is 16.8 Å². The summed E-state index contributed by atoms with van der Waals surface area (Å²) in [5.41, 5.74) is 1.40. The minimum atomic E-state index is -0.277. The third-order valence-corrected chi connectivity index (χ3v) is 2.26. The lowest BCUT2D eigenvalue weighted by Crippen LogP contribution is -2.12. The molecule has 0 saturated heterocycles. The monoisotopic (exact) mass is 226 g/mol. The van der Waals surface area contributed by atoms with Gasteiger partial charge >= 0.3 is 0 Å². The highest BCUT2D eigenvalue weighted by Gasteiger charge is 2.09. The molecule has 1 heterocycles. The highest BCUT2D eigenvalue weighted by molar-refractivity contribution is 6.04. The number of anilines is 1. The van der Waals surface area contributed by atoms with Crippen molar-refractivity contribution in [3.05, 3.63) is 47.8 Å². The van der Waals surface area contributed by atoms with Gasteiger partial charge < -0.3 is 5.32 Å². The van der Waals surface area contributed by atoms with Crippen LogP contribution in [-0.4, -0.2) is 15.7 Å². The molecular weight excluding hydrogens is 216 g/mol. The van der Waals surface area contributed by atoms with Crippen LogP contribution in [0.1, 0.15) is 15.9 Å². The highest BCUT2D eigenvalue weighted by Crippen LogP contribution is 2.14. The van der Waals surface area contributed by atoms with E-state index in [1.807, 2.05) is 6.07 Å². The Balaban J connectivity index is 2.22. The first-order chi connectivity index (χ1) is 8.20. The summed E-state index contributed by atoms with van der Waals surface area (Å²) in [5.74, 6) is -0.277. The van der Waals surface area contributed by atoms with Crippen LogP contribution in [0.4, 0.5) is 5.69 Å². The summed E-state index contributed by atoms with van der Waals surface area (Å²) < 4.78 is 1.55. The fourth-order valence-electron chi connectivity index (χ4n) is 1.42. The van der Waals surface area contributed by atoms with E-state index in [4.69, 9.17) is 5.26 Å². The zero-order chi connectivity index (χ0) is 12.3. The first kappa shape index (κ1) is 10.9. The Labute approximate surface area is 98.3 Å². The SMILES string of the molecule is Cn1cc(C(=O)Nc2ccccc2C#N)cn1. The number of para-hydroxylation sites is 1. The van der Waals surface area contributed by atoms with Gasteiger partial charge in [-0.15, -0.1) is 0 Å². The second-order valence-corrected chi connectivity index (χ2v) is 3.51. The van der Waals surface area contributed by atoms with E-state index in [-0.39, 0.29) is 5.91 Å². The Morgan fingerprint density at radius 3 is 2.88 bits per heavy atom. The van der Waals surface area contributed by atoms with E-state index in [9.17, 15) is 4.79 Å². The van der Waals surface area contributed by atoms with Gasteiger partial charge in [0.2, 0.25) is 0 Å². The van der Waals surface area contributed by atoms with Crippen molar-refractivity contribution in [3.8, 4) is 6.07 Å². The van der Waals surface area contributed by atoms with Gasteiger partial charge in [-0.25, -0.2) is 0 Å². The van der Waals surface area contributed by atoms with Gasteiger partial charge in [-0.1, -0.05) is 12.1 Å². The van der Waals surface area contributed by atoms with E-state index < -0.39 is 0 Å². The van der Waals surface area contributed by atoms with Gasteiger partial charge in [0.1, 0.15) is 6.07 Å². The highest BCUT2D eigenvalue weighted by atomic mass is 16.1. The molecule has 0 unspecified atom stereocenters. The van der Waals surface area contributed by atoms with Crippen LogP contribution in [0.15, 0.2) is 36.7 Å². The molecule has 1 N–H and O–H groups in total. The lowest BCUT2D eigenvalue weighted by Gasteiger charge is -2.04. The molecule has 0 atom stereocenters. The van der Waals surface area contributed by atoms with Crippen LogP contribution < -0.4 is 5.32 Å². The molecule has 0 saturated carbocycles. The molecule has 17 heavy (non-hydrogen) atoms. The van der Waals surface area contributed by atoms with Crippen LogP contribution in [0.25, 0.3) is 0 Å². The lowest BCUT2D eigenvalue weighted by molar-refractivity contribution is 0.102. The summed E-state index contributed by atoms with van der Waals surface area (Å²) in [7, 11) is 1.74. The molecule has 5 nitrogen and oxygen atoms in total. The van der Waals surface area contributed by atoms with Gasteiger partial charge in [0.05, 0.1) is 23.0 Å². The number of aromatic nitrogens is 2. The molecule has 0 radical (unpaired) electrons. The van der Waals surface area contributed by atoms with Crippen LogP contribution >= 0.6 is 0 Å². The predicted octanol–water partition coefficient (Wildman–Crippen LogP) is 1.54. The summed E-state index contributed by atoms with van der Waals surface area (Å²) >= 11 is 0. The molecule has 1 aromatic carbocycles. The van der Waals surface area contributed by atoms with Crippen molar-refractivity contribution >= 4 is 11.6 Å². The molecule has 1 amide bonds. The van der Waals surface area contributed by atoms with Crippen molar-refractivity contribution in [1.82, 2.24) is 9.78 Å². The van der Waals surface area contributed by atoms with Crippen molar-refractivity contribution in [2.24, 2.45) is 7.05 Å². The van der Waals surface area contributed by atoms with Crippen molar-refractivity contribution in [1.29, 1.82) is 5.26 Å². The summed E-state index contributed by atoms with van der Waals surface area (Å²) in [6, 6.07) is 8.87. The van der Waals surface area contributed by atoms with E-state index in [2.05, 4.69) is 10.4 Å². The molecule has 0 aliphatic carbocycles. The number of benzene rings is 1. The fraction of sp³-hybridized carbons (Fsp3) is 0.0833. The van der Waals surface area contributed by atoms with Crippen LogP contribution in [0, 0.1) is 11.3 Å². The maximum absolute atomic E-state index is 11.8. The van der Waals surface area contributed by atoms with Gasteiger partial charge in [0.15, 0.2) is 0 Å². The quantitative estimate of drug-likeness (QED) is 0.844. The zero-order valence-corrected chi connectivity index (χ0v) is 9.21. The van der Waals surface area contributed by atoms with Gasteiger partial charge in [-0.05, 0) is 12.1 Å². The minimum Gasteiger partial charge on any atom is -0.321 e. The Morgan fingerprint density at radius 2 is 2.24 bits per heavy atom. The first-order valence-corrected chi connectivity index (χ1v) is 5.00. The molecule has 0 aliphatic heterocycles. The fourth-order valence-corrected chi connectivity index (χ4v) is 1.42. The summed E-state index contributed by atoms with van der Waals surface area (Å²) in [6.07, 6.45) is 3.09. The molecule has 84 valence electrons. The van der Waals surface area contributed by atoms with Crippen molar-refractivity contribution < 1.29 is 4.79 Å². The van der Waals surface area contributed by atoms with Gasteiger partial charge in [0.25, 0.3) is 5.91 Å². The molecule has 0 bridgehead atoms. The Bertz CT molecular complexity index is 595. The standard InChI is InChI=1S/C12H10N4O/c1-16-8-10(7-14-16)12(17)15-11-5-3-2-4-9(11)6-13/h2-5,7-8H,1H3,(H,15,17). The molecule has 1 aromatic heterocycles. The van der Waals surface area contributed by atoms with Gasteiger partial charge in [-0.3, -0.25) is 9.48 Å². The normalized spacial score (nSPS) is 9.65. The second kappa shape index (κ2) is 4.49. The third kappa shape index (κ3) is 2.32. The minimum absolute atomic E-state index is 0.277. The van der Waals surface area contributed by atoms with Crippen LogP contribution in [0.2, 0.25) is 0 Å². The zero-order valence-electron chi connectivity index (χ0n) is 9.21. The van der Waals surface area contributed by atoms with E-state index in [0.717, 1.165) is 0 Å². The van der Waals surface area contributed by atoms with E-state index in [1.54, 1.807) is 42.2 Å². The van der Waals surface area contributed by atoms with Crippen molar-refractivity contribution in [2.45, 2.75) is 0 Å². The molecule has 2 aromatic rings. The largest absolute Gasteiger partial charge is 0.321 e. The predicted molar refractivity (Wildman–Crippen MR) is 62.3 cm³/mol. The molecule has 0 aliphatic rings. The number of aryl methyl sites for hydroxylation is 1. The molecular formula is C12H10N4O. The van der Waals surface area contributed by atoms with Crippen LogP contribution in [0.3, 0.4) is 0 Å². The Hall–Kier alpha value is -2.61. The Kier molecular flexibility index (Phi) is 2.88. The number of rotatable bonds is 2. The summed E-state index contributed by atoms with van der Waals surface area (Å²) in [6.45, 7) is 0. The average molecular weight is 226 g/mol. The molecule has 0 fully saturated rings. The van der Waals surface area contributed by atoms with Crippen molar-refractivity contribution in [2.75, 3.05) is 5.32 Å². The number of hydrogen-bond acceptors (Lipinski definition) is 3. The number of nitriles is 1. The molecule has 2 rings (SSSR count). The summed E-state index contributed by atoms with van der Waals surface area (Å²) in [4.78, 5) is 11.8. The van der Waals surface area contributed by atoms with Gasteiger partial charge in [0, 0.05) is 13.2 Å². The smallest absolute Gasteiger partial charge is 0.258 e. The number of carbonyl (C=O) groups is 1. The summed E-state index contributed by atoms with van der Waals surface area (Å²) in [5, 5.41) is 15.5. The second-order valence-electron chi connectivity index (χ2n) is 3.51. The van der Waals surface area contributed by atoms with Crippen molar-refractivity contribution in [3.63, 3.8) is 0 Å². The van der Waals surface area contributed by atoms with E-state index >= 15 is 0 Å². The number of hydrogen-bond donors (Lipinski definition) is 1. The van der Waals surface area contributed by atoms with Crippen LogP contribution in [0.5, 0.6) is 0 Å². The topological polar surface area (TPSA) is 70.7 Å². The average Bonchev–Trinajstić information content (AvgIpc) is 2.77. The maximum atomic E-state index is 11.8. The number of amides is 1. The maximum Gasteiger partial charge on any atom is 0.258 e. The molecule has 5 heteroatoms. The Morgan fingerprint density at radius 1 is 1.47 bits per heavy atom. The number of nitrogens with one attached hydrogen (secondary N) is 1. The number of carbonyl (C=O) groups excluding carboxylic acids is 1. The van der Waals surface area contributed by atoms with Gasteiger partial charge in [-0.2, -0.15) is 10.4 Å². The van der Waals surface area contributed by atoms with Crippen LogP contribution in [-0.2, 0) is 7.05 Å². The third-order valence-electron chi connectivity index (χ3n) is 2.26. The van der Waals surface area contributed by atoms with E-state index in [1.165, 1.54) is 6.20 Å². The lowest BCUT2D eigenvalue weighted by atomic mass is 10.2. The number of nitrogens with zero attached hydrogens (tertiary/aromatic N) is 3.